The van der Waals surface area contributed by atoms with E-state index in [2.05, 4.69) is 36.1 Å². The molecule has 0 amide bonds. The van der Waals surface area contributed by atoms with Gasteiger partial charge in [0.25, 0.3) is 0 Å². The van der Waals surface area contributed by atoms with Crippen molar-refractivity contribution in [1.82, 2.24) is 4.90 Å². The van der Waals surface area contributed by atoms with Crippen LogP contribution in [0, 0.1) is 6.92 Å². The number of carboxylic acids is 1. The second-order valence-corrected chi connectivity index (χ2v) is 4.19. The molecule has 0 aliphatic heterocycles. The first kappa shape index (κ1) is 12.7. The van der Waals surface area contributed by atoms with Crippen molar-refractivity contribution in [3.05, 3.63) is 35.4 Å². The Kier molecular flexibility index (Phi) is 4.99. The van der Waals surface area contributed by atoms with E-state index in [0.29, 0.717) is 6.54 Å². The minimum Gasteiger partial charge on any atom is -0.481 e. The van der Waals surface area contributed by atoms with Crippen molar-refractivity contribution in [2.45, 2.75) is 19.8 Å². The quantitative estimate of drug-likeness (QED) is 0.798. The number of carbonyl (C=O) groups is 1. The molecule has 1 rings (SSSR count). The van der Waals surface area contributed by atoms with E-state index in [4.69, 9.17) is 5.11 Å². The second-order valence-electron chi connectivity index (χ2n) is 4.19. The highest BCUT2D eigenvalue weighted by molar-refractivity contribution is 5.66. The first-order valence-corrected chi connectivity index (χ1v) is 5.54. The third-order valence-corrected chi connectivity index (χ3v) is 2.57. The summed E-state index contributed by atoms with van der Waals surface area (Å²) in [4.78, 5) is 12.4. The fourth-order valence-electron chi connectivity index (χ4n) is 1.59. The molecule has 0 saturated heterocycles. The van der Waals surface area contributed by atoms with E-state index in [9.17, 15) is 4.79 Å². The number of hydrogen-bond donors (Lipinski definition) is 1. The molecule has 0 heterocycles. The third kappa shape index (κ3) is 4.94. The van der Waals surface area contributed by atoms with Crippen molar-refractivity contribution in [2.75, 3.05) is 20.1 Å². The van der Waals surface area contributed by atoms with Crippen LogP contribution in [0.5, 0.6) is 0 Å². The summed E-state index contributed by atoms with van der Waals surface area (Å²) in [5.41, 5.74) is 2.58. The van der Waals surface area contributed by atoms with Gasteiger partial charge in [-0.2, -0.15) is 0 Å². The summed E-state index contributed by atoms with van der Waals surface area (Å²) in [6.45, 7) is 3.59. The van der Waals surface area contributed by atoms with E-state index in [1.165, 1.54) is 11.1 Å². The van der Waals surface area contributed by atoms with Gasteiger partial charge >= 0.3 is 5.97 Å². The Morgan fingerprint density at radius 1 is 1.38 bits per heavy atom. The number of nitrogens with zero attached hydrogens (tertiary/aromatic N) is 1. The Balaban J connectivity index is 2.31. The Bertz CT molecular complexity index is 350. The lowest BCUT2D eigenvalue weighted by Gasteiger charge is -2.15. The summed E-state index contributed by atoms with van der Waals surface area (Å²) < 4.78 is 0. The summed E-state index contributed by atoms with van der Waals surface area (Å²) in [5.74, 6) is -0.734. The van der Waals surface area contributed by atoms with Gasteiger partial charge in [-0.05, 0) is 26.0 Å². The lowest BCUT2D eigenvalue weighted by Crippen LogP contribution is -2.24. The van der Waals surface area contributed by atoms with Crippen LogP contribution in [0.4, 0.5) is 0 Å². The normalized spacial score (nSPS) is 10.7. The molecule has 0 fully saturated rings. The number of benzene rings is 1. The second kappa shape index (κ2) is 6.28. The third-order valence-electron chi connectivity index (χ3n) is 2.57. The maximum atomic E-state index is 10.4. The molecule has 0 saturated carbocycles. The highest BCUT2D eigenvalue weighted by atomic mass is 16.4. The van der Waals surface area contributed by atoms with Crippen LogP contribution < -0.4 is 0 Å². The van der Waals surface area contributed by atoms with Gasteiger partial charge in [0.2, 0.25) is 0 Å². The molecule has 0 radical (unpaired) electrons. The standard InChI is InChI=1S/C13H19NO2/c1-11-4-3-5-12(10-11)6-8-14(2)9-7-13(15)16/h3-5,10H,6-9H2,1-2H3,(H,15,16). The molecule has 1 aromatic carbocycles. The van der Waals surface area contributed by atoms with Crippen LogP contribution in [0.2, 0.25) is 0 Å². The van der Waals surface area contributed by atoms with Crippen LogP contribution >= 0.6 is 0 Å². The number of aliphatic carboxylic acids is 1. The molecule has 88 valence electrons. The number of hydrogen-bond acceptors (Lipinski definition) is 2. The number of aryl methyl sites for hydroxylation is 1. The van der Waals surface area contributed by atoms with Gasteiger partial charge < -0.3 is 10.0 Å². The molecule has 0 spiro atoms. The van der Waals surface area contributed by atoms with E-state index in [-0.39, 0.29) is 6.42 Å². The Hall–Kier alpha value is -1.35. The summed E-state index contributed by atoms with van der Waals surface area (Å²) >= 11 is 0. The largest absolute Gasteiger partial charge is 0.481 e. The fourth-order valence-corrected chi connectivity index (χ4v) is 1.59. The summed E-state index contributed by atoms with van der Waals surface area (Å²) in [6.07, 6.45) is 1.18. The molecule has 3 heteroatoms. The van der Waals surface area contributed by atoms with Gasteiger partial charge in [-0.25, -0.2) is 0 Å². The maximum absolute atomic E-state index is 10.4. The van der Waals surface area contributed by atoms with E-state index in [0.717, 1.165) is 13.0 Å². The first-order valence-electron chi connectivity index (χ1n) is 5.54. The van der Waals surface area contributed by atoms with Crippen LogP contribution in [-0.2, 0) is 11.2 Å². The average molecular weight is 221 g/mol. The van der Waals surface area contributed by atoms with Gasteiger partial charge in [0, 0.05) is 13.1 Å². The summed E-state index contributed by atoms with van der Waals surface area (Å²) in [7, 11) is 1.96. The van der Waals surface area contributed by atoms with Gasteiger partial charge in [0.1, 0.15) is 0 Å². The highest BCUT2D eigenvalue weighted by Gasteiger charge is 2.02. The zero-order chi connectivity index (χ0) is 12.0. The van der Waals surface area contributed by atoms with Gasteiger partial charge in [-0.15, -0.1) is 0 Å². The SMILES string of the molecule is Cc1cccc(CCN(C)CCC(=O)O)c1. The zero-order valence-corrected chi connectivity index (χ0v) is 9.94. The molecule has 1 N–H and O–H groups in total. The van der Waals surface area contributed by atoms with E-state index < -0.39 is 5.97 Å². The van der Waals surface area contributed by atoms with Crippen LogP contribution in [0.15, 0.2) is 24.3 Å². The Morgan fingerprint density at radius 2 is 2.12 bits per heavy atom. The topological polar surface area (TPSA) is 40.5 Å². The maximum Gasteiger partial charge on any atom is 0.304 e. The molecule has 3 nitrogen and oxygen atoms in total. The molecule has 0 aromatic heterocycles. The van der Waals surface area contributed by atoms with Crippen LogP contribution in [-0.4, -0.2) is 36.1 Å². The smallest absolute Gasteiger partial charge is 0.304 e. The predicted octanol–water partition coefficient (Wildman–Crippen LogP) is 1.94. The van der Waals surface area contributed by atoms with Gasteiger partial charge in [0.15, 0.2) is 0 Å². The van der Waals surface area contributed by atoms with Crippen molar-refractivity contribution >= 4 is 5.97 Å². The zero-order valence-electron chi connectivity index (χ0n) is 9.94. The lowest BCUT2D eigenvalue weighted by molar-refractivity contribution is -0.137. The summed E-state index contributed by atoms with van der Waals surface area (Å²) in [6, 6.07) is 8.42. The number of carboxylic acid groups (broad SMARTS) is 1. The van der Waals surface area contributed by atoms with Crippen LogP contribution in [0.25, 0.3) is 0 Å². The van der Waals surface area contributed by atoms with Gasteiger partial charge in [0.05, 0.1) is 6.42 Å². The van der Waals surface area contributed by atoms with Crippen molar-refractivity contribution in [2.24, 2.45) is 0 Å². The molecule has 0 atom stereocenters. The van der Waals surface area contributed by atoms with Gasteiger partial charge in [-0.1, -0.05) is 29.8 Å². The van der Waals surface area contributed by atoms with E-state index in [1.807, 2.05) is 7.05 Å². The minimum absolute atomic E-state index is 0.213. The molecular weight excluding hydrogens is 202 g/mol. The minimum atomic E-state index is -0.734. The van der Waals surface area contributed by atoms with Crippen molar-refractivity contribution in [1.29, 1.82) is 0 Å². The van der Waals surface area contributed by atoms with Crippen LogP contribution in [0.3, 0.4) is 0 Å². The molecule has 1 aromatic rings. The molecular formula is C13H19NO2. The van der Waals surface area contributed by atoms with Crippen LogP contribution in [0.1, 0.15) is 17.5 Å². The monoisotopic (exact) mass is 221 g/mol. The molecule has 0 aliphatic rings. The Labute approximate surface area is 96.7 Å². The van der Waals surface area contributed by atoms with Crippen molar-refractivity contribution < 1.29 is 9.90 Å². The van der Waals surface area contributed by atoms with Gasteiger partial charge in [-0.3, -0.25) is 4.79 Å². The average Bonchev–Trinajstić information content (AvgIpc) is 2.23. The molecule has 0 aliphatic carbocycles. The fraction of sp³-hybridized carbons (Fsp3) is 0.462. The number of rotatable bonds is 6. The predicted molar refractivity (Wildman–Crippen MR) is 64.6 cm³/mol. The van der Waals surface area contributed by atoms with E-state index >= 15 is 0 Å². The van der Waals surface area contributed by atoms with Crippen molar-refractivity contribution in [3.8, 4) is 0 Å². The Morgan fingerprint density at radius 3 is 2.75 bits per heavy atom. The van der Waals surface area contributed by atoms with E-state index in [1.54, 1.807) is 0 Å². The first-order chi connectivity index (χ1) is 7.58. The number of likely N-dealkylation sites (N-methyl/N-ethyl adjacent to an activating group) is 1. The summed E-state index contributed by atoms with van der Waals surface area (Å²) in [5, 5.41) is 8.56. The molecule has 0 bridgehead atoms. The van der Waals surface area contributed by atoms with Crippen molar-refractivity contribution in [3.63, 3.8) is 0 Å². The highest BCUT2D eigenvalue weighted by Crippen LogP contribution is 2.05. The molecule has 0 unspecified atom stereocenters. The molecule has 16 heavy (non-hydrogen) atoms. The lowest BCUT2D eigenvalue weighted by atomic mass is 10.1.